The molecule has 0 bridgehead atoms. The molecular weight excluding hydrogens is 244 g/mol. The topological polar surface area (TPSA) is 24.9 Å². The minimum Gasteiger partial charge on any atom is -0.310 e. The van der Waals surface area contributed by atoms with Gasteiger partial charge in [-0.05, 0) is 49.9 Å². The maximum absolute atomic E-state index is 4.33. The van der Waals surface area contributed by atoms with E-state index in [1.54, 1.807) is 0 Å². The van der Waals surface area contributed by atoms with Crippen LogP contribution in [0.5, 0.6) is 0 Å². The second-order valence-corrected chi connectivity index (χ2v) is 5.49. The first-order chi connectivity index (χ1) is 9.69. The number of nitrogens with one attached hydrogen (secondary N) is 1. The molecule has 1 heterocycles. The summed E-state index contributed by atoms with van der Waals surface area (Å²) < 4.78 is 0. The second kappa shape index (κ2) is 7.20. The van der Waals surface area contributed by atoms with Gasteiger partial charge >= 0.3 is 0 Å². The van der Waals surface area contributed by atoms with Gasteiger partial charge in [-0.15, -0.1) is 0 Å². The molecule has 0 radical (unpaired) electrons. The van der Waals surface area contributed by atoms with E-state index >= 15 is 0 Å². The molecule has 0 aliphatic carbocycles. The van der Waals surface area contributed by atoms with Crippen LogP contribution >= 0.6 is 0 Å². The van der Waals surface area contributed by atoms with Crippen LogP contribution in [0, 0.1) is 13.8 Å². The number of benzene rings is 1. The van der Waals surface area contributed by atoms with Crippen LogP contribution in [-0.4, -0.2) is 11.5 Å². The Hall–Kier alpha value is -1.67. The normalized spacial score (nSPS) is 12.3. The lowest BCUT2D eigenvalue weighted by molar-refractivity contribution is 0.527. The lowest BCUT2D eigenvalue weighted by atomic mass is 9.98. The van der Waals surface area contributed by atoms with Crippen molar-refractivity contribution in [1.82, 2.24) is 10.3 Å². The first kappa shape index (κ1) is 14.7. The van der Waals surface area contributed by atoms with Gasteiger partial charge in [0.05, 0.1) is 0 Å². The first-order valence-electron chi connectivity index (χ1n) is 7.39. The van der Waals surface area contributed by atoms with Crippen molar-refractivity contribution in [2.45, 2.75) is 39.7 Å². The van der Waals surface area contributed by atoms with Crippen LogP contribution in [0.2, 0.25) is 0 Å². The fraction of sp³-hybridized carbons (Fsp3) is 0.389. The third-order valence-corrected chi connectivity index (χ3v) is 3.50. The van der Waals surface area contributed by atoms with Gasteiger partial charge in [0, 0.05) is 18.4 Å². The van der Waals surface area contributed by atoms with Crippen molar-refractivity contribution >= 4 is 0 Å². The van der Waals surface area contributed by atoms with Crippen molar-refractivity contribution in [1.29, 1.82) is 0 Å². The third kappa shape index (κ3) is 4.17. The maximum atomic E-state index is 4.33. The Bertz CT molecular complexity index is 531. The zero-order chi connectivity index (χ0) is 14.4. The summed E-state index contributed by atoms with van der Waals surface area (Å²) in [5, 5.41) is 3.64. The highest BCUT2D eigenvalue weighted by Crippen LogP contribution is 2.19. The van der Waals surface area contributed by atoms with E-state index in [4.69, 9.17) is 0 Å². The van der Waals surface area contributed by atoms with Gasteiger partial charge in [0.15, 0.2) is 0 Å². The van der Waals surface area contributed by atoms with E-state index in [9.17, 15) is 0 Å². The molecule has 0 saturated heterocycles. The Kier molecular flexibility index (Phi) is 5.31. The monoisotopic (exact) mass is 268 g/mol. The Morgan fingerprint density at radius 2 is 1.80 bits per heavy atom. The number of nitrogens with zero attached hydrogens (tertiary/aromatic N) is 1. The molecule has 1 N–H and O–H groups in total. The molecule has 0 fully saturated rings. The van der Waals surface area contributed by atoms with Gasteiger partial charge in [-0.3, -0.25) is 4.98 Å². The van der Waals surface area contributed by atoms with Crippen LogP contribution in [0.4, 0.5) is 0 Å². The van der Waals surface area contributed by atoms with E-state index in [0.717, 1.165) is 19.4 Å². The van der Waals surface area contributed by atoms with Crippen molar-refractivity contribution in [2.75, 3.05) is 6.54 Å². The average molecular weight is 268 g/mol. The SMILES string of the molecule is CCCNC(Cc1ccc(C)cc1)c1cncc(C)c1. The molecule has 0 aliphatic rings. The van der Waals surface area contributed by atoms with Gasteiger partial charge < -0.3 is 5.32 Å². The molecule has 1 unspecified atom stereocenters. The number of aryl methyl sites for hydroxylation is 2. The quantitative estimate of drug-likeness (QED) is 0.857. The van der Waals surface area contributed by atoms with E-state index in [0.29, 0.717) is 6.04 Å². The average Bonchev–Trinajstić information content (AvgIpc) is 2.45. The van der Waals surface area contributed by atoms with Gasteiger partial charge in [-0.1, -0.05) is 42.8 Å². The Morgan fingerprint density at radius 3 is 2.45 bits per heavy atom. The minimum absolute atomic E-state index is 0.338. The molecule has 106 valence electrons. The smallest absolute Gasteiger partial charge is 0.0376 e. The van der Waals surface area contributed by atoms with Crippen molar-refractivity contribution < 1.29 is 0 Å². The molecule has 0 amide bonds. The summed E-state index contributed by atoms with van der Waals surface area (Å²) in [5.41, 5.74) is 5.17. The summed E-state index contributed by atoms with van der Waals surface area (Å²) in [4.78, 5) is 4.33. The predicted molar refractivity (Wildman–Crippen MR) is 84.9 cm³/mol. The molecule has 1 aromatic heterocycles. The van der Waals surface area contributed by atoms with Crippen LogP contribution in [0.1, 0.15) is 41.6 Å². The van der Waals surface area contributed by atoms with Gasteiger partial charge in [-0.25, -0.2) is 0 Å². The molecule has 0 aliphatic heterocycles. The van der Waals surface area contributed by atoms with E-state index in [-0.39, 0.29) is 0 Å². The molecule has 2 heteroatoms. The van der Waals surface area contributed by atoms with Crippen LogP contribution in [0.15, 0.2) is 42.7 Å². The van der Waals surface area contributed by atoms with Gasteiger partial charge in [0.2, 0.25) is 0 Å². The fourth-order valence-corrected chi connectivity index (χ4v) is 2.36. The van der Waals surface area contributed by atoms with Gasteiger partial charge in [0.1, 0.15) is 0 Å². The number of aromatic nitrogens is 1. The standard InChI is InChI=1S/C18H24N2/c1-4-9-20-18(17-10-15(3)12-19-13-17)11-16-7-5-14(2)6-8-16/h5-8,10,12-13,18,20H,4,9,11H2,1-3H3. The van der Waals surface area contributed by atoms with Crippen LogP contribution < -0.4 is 5.32 Å². The highest BCUT2D eigenvalue weighted by molar-refractivity contribution is 5.26. The van der Waals surface area contributed by atoms with Crippen LogP contribution in [-0.2, 0) is 6.42 Å². The number of hydrogen-bond acceptors (Lipinski definition) is 2. The summed E-state index contributed by atoms with van der Waals surface area (Å²) in [6, 6.07) is 11.4. The third-order valence-electron chi connectivity index (χ3n) is 3.50. The van der Waals surface area contributed by atoms with Crippen molar-refractivity contribution in [3.63, 3.8) is 0 Å². The summed E-state index contributed by atoms with van der Waals surface area (Å²) in [6.07, 6.45) is 6.04. The maximum Gasteiger partial charge on any atom is 0.0376 e. The molecular formula is C18H24N2. The zero-order valence-corrected chi connectivity index (χ0v) is 12.7. The molecule has 1 aromatic carbocycles. The van der Waals surface area contributed by atoms with Crippen molar-refractivity contribution in [3.05, 3.63) is 65.0 Å². The highest BCUT2D eigenvalue weighted by Gasteiger charge is 2.12. The Labute approximate surface area is 122 Å². The molecule has 20 heavy (non-hydrogen) atoms. The van der Waals surface area contributed by atoms with Gasteiger partial charge in [0.25, 0.3) is 0 Å². The summed E-state index contributed by atoms with van der Waals surface area (Å²) in [5.74, 6) is 0. The van der Waals surface area contributed by atoms with Crippen LogP contribution in [0.25, 0.3) is 0 Å². The zero-order valence-electron chi connectivity index (χ0n) is 12.7. The van der Waals surface area contributed by atoms with Crippen molar-refractivity contribution in [2.24, 2.45) is 0 Å². The lowest BCUT2D eigenvalue weighted by Crippen LogP contribution is -2.24. The predicted octanol–water partition coefficient (Wildman–Crippen LogP) is 3.98. The second-order valence-electron chi connectivity index (χ2n) is 5.49. The lowest BCUT2D eigenvalue weighted by Gasteiger charge is -2.19. The van der Waals surface area contributed by atoms with Gasteiger partial charge in [-0.2, -0.15) is 0 Å². The number of hydrogen-bond donors (Lipinski definition) is 1. The Morgan fingerprint density at radius 1 is 1.05 bits per heavy atom. The largest absolute Gasteiger partial charge is 0.310 e. The number of rotatable bonds is 6. The minimum atomic E-state index is 0.338. The molecule has 2 rings (SSSR count). The summed E-state index contributed by atoms with van der Waals surface area (Å²) in [7, 11) is 0. The molecule has 0 saturated carbocycles. The van der Waals surface area contributed by atoms with E-state index in [2.05, 4.69) is 61.4 Å². The highest BCUT2D eigenvalue weighted by atomic mass is 14.9. The van der Waals surface area contributed by atoms with Crippen LogP contribution in [0.3, 0.4) is 0 Å². The summed E-state index contributed by atoms with van der Waals surface area (Å²) in [6.45, 7) is 7.45. The first-order valence-corrected chi connectivity index (χ1v) is 7.39. The molecule has 0 spiro atoms. The van der Waals surface area contributed by atoms with E-state index < -0.39 is 0 Å². The molecule has 1 atom stereocenters. The van der Waals surface area contributed by atoms with E-state index in [1.807, 2.05) is 12.4 Å². The van der Waals surface area contributed by atoms with Crippen molar-refractivity contribution in [3.8, 4) is 0 Å². The fourth-order valence-electron chi connectivity index (χ4n) is 2.36. The van der Waals surface area contributed by atoms with E-state index in [1.165, 1.54) is 22.3 Å². The Balaban J connectivity index is 2.16. The molecule has 2 nitrogen and oxygen atoms in total. The summed E-state index contributed by atoms with van der Waals surface area (Å²) >= 11 is 0. The number of pyridine rings is 1. The molecule has 2 aromatic rings.